The van der Waals surface area contributed by atoms with Gasteiger partial charge in [-0.1, -0.05) is 6.07 Å². The van der Waals surface area contributed by atoms with Gasteiger partial charge in [0.05, 0.1) is 12.2 Å². The first-order valence-electron chi connectivity index (χ1n) is 6.61. The van der Waals surface area contributed by atoms with Crippen LogP contribution in [-0.2, 0) is 6.54 Å². The Morgan fingerprint density at radius 1 is 1.23 bits per heavy atom. The lowest BCUT2D eigenvalue weighted by atomic mass is 10.2. The van der Waals surface area contributed by atoms with Gasteiger partial charge in [-0.15, -0.1) is 11.3 Å². The number of rotatable bonds is 4. The molecule has 0 aliphatic heterocycles. The number of benzene rings is 1. The molecule has 1 aromatic carbocycles. The second-order valence-electron chi connectivity index (χ2n) is 4.57. The summed E-state index contributed by atoms with van der Waals surface area (Å²) < 4.78 is 13.1. The van der Waals surface area contributed by atoms with E-state index < -0.39 is 5.82 Å². The highest BCUT2D eigenvalue weighted by Crippen LogP contribution is 2.22. The highest BCUT2D eigenvalue weighted by molar-refractivity contribution is 7.13. The highest BCUT2D eigenvalue weighted by atomic mass is 32.1. The van der Waals surface area contributed by atoms with Gasteiger partial charge in [-0.3, -0.25) is 9.78 Å². The molecular formula is C16H12FN3OS. The molecular weight excluding hydrogens is 301 g/mol. The van der Waals surface area contributed by atoms with Crippen LogP contribution in [0, 0.1) is 5.82 Å². The van der Waals surface area contributed by atoms with Crippen LogP contribution in [0.2, 0.25) is 0 Å². The Bertz CT molecular complexity index is 789. The number of thiazole rings is 1. The molecule has 0 fully saturated rings. The molecule has 110 valence electrons. The third kappa shape index (κ3) is 3.35. The molecule has 0 spiro atoms. The topological polar surface area (TPSA) is 54.9 Å². The van der Waals surface area contributed by atoms with Crippen molar-refractivity contribution in [3.63, 3.8) is 0 Å². The molecule has 6 heteroatoms. The number of carbonyl (C=O) groups is 1. The molecule has 3 aromatic rings. The number of aromatic nitrogens is 2. The van der Waals surface area contributed by atoms with Gasteiger partial charge in [0.1, 0.15) is 10.8 Å². The fraction of sp³-hybridized carbons (Fsp3) is 0.0625. The Kier molecular flexibility index (Phi) is 4.20. The first-order valence-corrected chi connectivity index (χ1v) is 7.49. The van der Waals surface area contributed by atoms with Gasteiger partial charge in [-0.05, 0) is 30.3 Å². The molecule has 0 saturated carbocycles. The predicted octanol–water partition coefficient (Wildman–Crippen LogP) is 3.27. The molecule has 0 aliphatic rings. The number of carbonyl (C=O) groups excluding carboxylic acids is 1. The van der Waals surface area contributed by atoms with Crippen molar-refractivity contribution in [2.75, 3.05) is 0 Å². The number of halogens is 1. The van der Waals surface area contributed by atoms with Crippen LogP contribution in [0.4, 0.5) is 4.39 Å². The summed E-state index contributed by atoms with van der Waals surface area (Å²) in [4.78, 5) is 20.4. The quantitative estimate of drug-likeness (QED) is 0.804. The fourth-order valence-electron chi connectivity index (χ4n) is 1.92. The molecule has 3 rings (SSSR count). The number of amides is 1. The minimum absolute atomic E-state index is 0.296. The number of nitrogens with one attached hydrogen (secondary N) is 1. The minimum atomic E-state index is -0.429. The van der Waals surface area contributed by atoms with E-state index in [9.17, 15) is 9.18 Å². The summed E-state index contributed by atoms with van der Waals surface area (Å²) in [7, 11) is 0. The molecule has 2 heterocycles. The Morgan fingerprint density at radius 2 is 2.05 bits per heavy atom. The van der Waals surface area contributed by atoms with Crippen molar-refractivity contribution in [2.24, 2.45) is 0 Å². The fourth-order valence-corrected chi connectivity index (χ4v) is 2.74. The van der Waals surface area contributed by atoms with Crippen molar-refractivity contribution in [2.45, 2.75) is 6.54 Å². The molecule has 0 radical (unpaired) electrons. The van der Waals surface area contributed by atoms with Crippen molar-refractivity contribution in [3.8, 4) is 10.6 Å². The van der Waals surface area contributed by atoms with E-state index in [-0.39, 0.29) is 5.91 Å². The van der Waals surface area contributed by atoms with E-state index in [0.29, 0.717) is 12.1 Å². The minimum Gasteiger partial charge on any atom is -0.346 e. The first-order chi connectivity index (χ1) is 10.7. The Balaban J connectivity index is 1.65. The summed E-state index contributed by atoms with van der Waals surface area (Å²) in [5.74, 6) is -0.751. The summed E-state index contributed by atoms with van der Waals surface area (Å²) in [6.07, 6.45) is 3.42. The number of nitrogens with zero attached hydrogens (tertiary/aromatic N) is 2. The number of hydrogen-bond acceptors (Lipinski definition) is 4. The molecule has 0 saturated heterocycles. The Labute approximate surface area is 130 Å². The monoisotopic (exact) mass is 313 g/mol. The summed E-state index contributed by atoms with van der Waals surface area (Å²) >= 11 is 1.50. The number of pyridine rings is 1. The molecule has 22 heavy (non-hydrogen) atoms. The van der Waals surface area contributed by atoms with Gasteiger partial charge in [0.25, 0.3) is 5.91 Å². The highest BCUT2D eigenvalue weighted by Gasteiger charge is 2.08. The normalized spacial score (nSPS) is 10.4. The zero-order valence-electron chi connectivity index (χ0n) is 11.5. The van der Waals surface area contributed by atoms with Crippen molar-refractivity contribution in [3.05, 3.63) is 71.2 Å². The third-order valence-corrected chi connectivity index (χ3v) is 3.94. The SMILES string of the molecule is O=C(NCc1csc(-c2ccncc2)n1)c1cccc(F)c1. The van der Waals surface area contributed by atoms with Gasteiger partial charge in [-0.2, -0.15) is 0 Å². The van der Waals surface area contributed by atoms with Crippen LogP contribution < -0.4 is 5.32 Å². The molecule has 0 unspecified atom stereocenters. The van der Waals surface area contributed by atoms with Crippen molar-refractivity contribution < 1.29 is 9.18 Å². The number of hydrogen-bond donors (Lipinski definition) is 1. The molecule has 0 bridgehead atoms. The van der Waals surface area contributed by atoms with Gasteiger partial charge in [0, 0.05) is 28.9 Å². The van der Waals surface area contributed by atoms with E-state index in [1.165, 1.54) is 29.5 Å². The van der Waals surface area contributed by atoms with Crippen LogP contribution in [0.5, 0.6) is 0 Å². The average molecular weight is 313 g/mol. The second-order valence-corrected chi connectivity index (χ2v) is 5.43. The zero-order chi connectivity index (χ0) is 15.4. The molecule has 1 N–H and O–H groups in total. The maximum absolute atomic E-state index is 13.1. The second kappa shape index (κ2) is 6.44. The summed E-state index contributed by atoms with van der Waals surface area (Å²) in [5.41, 5.74) is 2.05. The molecule has 4 nitrogen and oxygen atoms in total. The standard InChI is InChI=1S/C16H12FN3OS/c17-13-3-1-2-12(8-13)15(21)19-9-14-10-22-16(20-14)11-4-6-18-7-5-11/h1-8,10H,9H2,(H,19,21). The van der Waals surface area contributed by atoms with E-state index in [4.69, 9.17) is 0 Å². The van der Waals surface area contributed by atoms with Gasteiger partial charge < -0.3 is 5.32 Å². The van der Waals surface area contributed by atoms with Crippen LogP contribution in [0.3, 0.4) is 0 Å². The van der Waals surface area contributed by atoms with Gasteiger partial charge in [-0.25, -0.2) is 9.37 Å². The Morgan fingerprint density at radius 3 is 2.82 bits per heavy atom. The Hall–Kier alpha value is -2.60. The van der Waals surface area contributed by atoms with E-state index >= 15 is 0 Å². The van der Waals surface area contributed by atoms with Gasteiger partial charge in [0.2, 0.25) is 0 Å². The third-order valence-electron chi connectivity index (χ3n) is 3.00. The molecule has 0 atom stereocenters. The van der Waals surface area contributed by atoms with Crippen LogP contribution in [-0.4, -0.2) is 15.9 Å². The summed E-state index contributed by atoms with van der Waals surface area (Å²) in [6.45, 7) is 0.303. The molecule has 1 amide bonds. The average Bonchev–Trinajstić information content (AvgIpc) is 3.02. The maximum atomic E-state index is 13.1. The lowest BCUT2D eigenvalue weighted by Crippen LogP contribution is -2.23. The molecule has 2 aromatic heterocycles. The van der Waals surface area contributed by atoms with Crippen LogP contribution in [0.1, 0.15) is 16.1 Å². The largest absolute Gasteiger partial charge is 0.346 e. The van der Waals surface area contributed by atoms with Gasteiger partial charge in [0.15, 0.2) is 0 Å². The van der Waals surface area contributed by atoms with Crippen molar-refractivity contribution >= 4 is 17.2 Å². The summed E-state index contributed by atoms with van der Waals surface area (Å²) in [5, 5.41) is 5.50. The zero-order valence-corrected chi connectivity index (χ0v) is 12.3. The maximum Gasteiger partial charge on any atom is 0.251 e. The lowest BCUT2D eigenvalue weighted by molar-refractivity contribution is 0.0950. The van der Waals surface area contributed by atoms with E-state index in [2.05, 4.69) is 15.3 Å². The molecule has 0 aliphatic carbocycles. The van der Waals surface area contributed by atoms with Crippen LogP contribution >= 0.6 is 11.3 Å². The van der Waals surface area contributed by atoms with E-state index in [0.717, 1.165) is 16.3 Å². The van der Waals surface area contributed by atoms with Crippen LogP contribution in [0.15, 0.2) is 54.2 Å². The van der Waals surface area contributed by atoms with Gasteiger partial charge >= 0.3 is 0 Å². The van der Waals surface area contributed by atoms with Crippen molar-refractivity contribution in [1.29, 1.82) is 0 Å². The predicted molar refractivity (Wildman–Crippen MR) is 82.9 cm³/mol. The first kappa shape index (κ1) is 14.3. The smallest absolute Gasteiger partial charge is 0.251 e. The van der Waals surface area contributed by atoms with Crippen LogP contribution in [0.25, 0.3) is 10.6 Å². The van der Waals surface area contributed by atoms with E-state index in [1.807, 2.05) is 17.5 Å². The van der Waals surface area contributed by atoms with Crippen molar-refractivity contribution in [1.82, 2.24) is 15.3 Å². The lowest BCUT2D eigenvalue weighted by Gasteiger charge is -2.03. The summed E-state index contributed by atoms with van der Waals surface area (Å²) in [6, 6.07) is 9.36. The van der Waals surface area contributed by atoms with E-state index in [1.54, 1.807) is 18.5 Å².